The van der Waals surface area contributed by atoms with E-state index in [2.05, 4.69) is 0 Å². The molecule has 8 heteroatoms. The first-order valence-electron chi connectivity index (χ1n) is 8.49. The Hall–Kier alpha value is -1.93. The van der Waals surface area contributed by atoms with Crippen LogP contribution in [0.15, 0.2) is 23.1 Å². The number of hydrogen-bond acceptors (Lipinski definition) is 4. The summed E-state index contributed by atoms with van der Waals surface area (Å²) in [5.74, 6) is -0.367. The van der Waals surface area contributed by atoms with E-state index >= 15 is 0 Å². The van der Waals surface area contributed by atoms with E-state index in [1.165, 1.54) is 17.0 Å². The van der Waals surface area contributed by atoms with Gasteiger partial charge in [-0.1, -0.05) is 18.9 Å². The number of carbonyl (C=O) groups is 2. The van der Waals surface area contributed by atoms with Crippen LogP contribution in [-0.4, -0.2) is 55.7 Å². The second kappa shape index (κ2) is 6.76. The fourth-order valence-electron chi connectivity index (χ4n) is 3.64. The molecule has 1 heterocycles. The van der Waals surface area contributed by atoms with Gasteiger partial charge in [0, 0.05) is 24.7 Å². The Morgan fingerprint density at radius 2 is 1.88 bits per heavy atom. The number of sulfonamides is 1. The third-order valence-electron chi connectivity index (χ3n) is 5.08. The molecule has 0 aromatic heterocycles. The second-order valence-corrected chi connectivity index (χ2v) is 8.34. The van der Waals surface area contributed by atoms with E-state index in [9.17, 15) is 18.0 Å². The molecule has 1 aromatic carbocycles. The molecule has 2 amide bonds. The van der Waals surface area contributed by atoms with Crippen molar-refractivity contribution in [2.45, 2.75) is 43.5 Å². The molecule has 1 aliphatic carbocycles. The SMILES string of the molecule is Cc1ccc(S(N)(=O)=O)cc1C(=O)N1CCN(C2CCCC2)C(=O)C1. The summed E-state index contributed by atoms with van der Waals surface area (Å²) >= 11 is 0. The van der Waals surface area contributed by atoms with Crippen molar-refractivity contribution in [1.82, 2.24) is 9.80 Å². The molecule has 2 fully saturated rings. The molecule has 1 saturated heterocycles. The van der Waals surface area contributed by atoms with Gasteiger partial charge in [0.05, 0.1) is 4.90 Å². The summed E-state index contributed by atoms with van der Waals surface area (Å²) in [6, 6.07) is 4.53. The highest BCUT2D eigenvalue weighted by atomic mass is 32.2. The molecule has 3 rings (SSSR count). The quantitative estimate of drug-likeness (QED) is 0.859. The molecule has 0 atom stereocenters. The fourth-order valence-corrected chi connectivity index (χ4v) is 4.18. The lowest BCUT2D eigenvalue weighted by molar-refractivity contribution is -0.137. The first-order chi connectivity index (χ1) is 11.8. The van der Waals surface area contributed by atoms with Crippen LogP contribution in [0, 0.1) is 6.92 Å². The molecule has 1 saturated carbocycles. The largest absolute Gasteiger partial charge is 0.336 e. The lowest BCUT2D eigenvalue weighted by atomic mass is 10.1. The van der Waals surface area contributed by atoms with Gasteiger partial charge in [-0.2, -0.15) is 0 Å². The molecular formula is C17H23N3O4S. The number of amides is 2. The van der Waals surface area contributed by atoms with Crippen molar-refractivity contribution in [3.8, 4) is 0 Å². The van der Waals surface area contributed by atoms with E-state index in [1.54, 1.807) is 13.0 Å². The minimum atomic E-state index is -3.88. The van der Waals surface area contributed by atoms with Crippen LogP contribution in [0.2, 0.25) is 0 Å². The first kappa shape index (κ1) is 17.9. The number of hydrogen-bond donors (Lipinski definition) is 1. The maximum absolute atomic E-state index is 12.8. The van der Waals surface area contributed by atoms with Gasteiger partial charge in [0.25, 0.3) is 5.91 Å². The molecule has 2 N–H and O–H groups in total. The highest BCUT2D eigenvalue weighted by molar-refractivity contribution is 7.89. The topological polar surface area (TPSA) is 101 Å². The molecule has 136 valence electrons. The Kier molecular flexibility index (Phi) is 4.83. The third-order valence-corrected chi connectivity index (χ3v) is 5.99. The van der Waals surface area contributed by atoms with Crippen LogP contribution in [-0.2, 0) is 14.8 Å². The van der Waals surface area contributed by atoms with Gasteiger partial charge in [-0.05, 0) is 37.5 Å². The zero-order valence-corrected chi connectivity index (χ0v) is 15.1. The number of primary sulfonamides is 1. The Labute approximate surface area is 147 Å². The predicted molar refractivity (Wildman–Crippen MR) is 92.4 cm³/mol. The number of carbonyl (C=O) groups excluding carboxylic acids is 2. The van der Waals surface area contributed by atoms with E-state index in [-0.39, 0.29) is 28.8 Å². The summed E-state index contributed by atoms with van der Waals surface area (Å²) in [5, 5.41) is 5.15. The number of benzene rings is 1. The predicted octanol–water partition coefficient (Wildman–Crippen LogP) is 0.869. The Morgan fingerprint density at radius 3 is 2.48 bits per heavy atom. The molecule has 1 aromatic rings. The van der Waals surface area contributed by atoms with Gasteiger partial charge in [-0.15, -0.1) is 0 Å². The zero-order chi connectivity index (χ0) is 18.2. The first-order valence-corrected chi connectivity index (χ1v) is 10.0. The summed E-state index contributed by atoms with van der Waals surface area (Å²) in [5.41, 5.74) is 0.928. The molecule has 2 aliphatic rings. The molecule has 1 aliphatic heterocycles. The van der Waals surface area contributed by atoms with Crippen LogP contribution >= 0.6 is 0 Å². The molecular weight excluding hydrogens is 342 g/mol. The summed E-state index contributed by atoms with van der Waals surface area (Å²) < 4.78 is 23.1. The minimum absolute atomic E-state index is 0.0354. The zero-order valence-electron chi connectivity index (χ0n) is 14.3. The van der Waals surface area contributed by atoms with Crippen molar-refractivity contribution in [3.05, 3.63) is 29.3 Å². The number of aryl methyl sites for hydroxylation is 1. The number of nitrogens with two attached hydrogens (primary N) is 1. The highest BCUT2D eigenvalue weighted by Gasteiger charge is 2.33. The smallest absolute Gasteiger partial charge is 0.254 e. The van der Waals surface area contributed by atoms with Crippen LogP contribution in [0.25, 0.3) is 0 Å². The van der Waals surface area contributed by atoms with E-state index in [1.807, 2.05) is 4.90 Å². The summed E-state index contributed by atoms with van der Waals surface area (Å²) in [6.07, 6.45) is 4.37. The van der Waals surface area contributed by atoms with Crippen molar-refractivity contribution in [1.29, 1.82) is 0 Å². The minimum Gasteiger partial charge on any atom is -0.336 e. The van der Waals surface area contributed by atoms with Crippen molar-refractivity contribution in [3.63, 3.8) is 0 Å². The van der Waals surface area contributed by atoms with Crippen LogP contribution < -0.4 is 5.14 Å². The normalized spacial score (nSPS) is 19.5. The Balaban J connectivity index is 1.77. The standard InChI is InChI=1S/C17H23N3O4S/c1-12-6-7-14(25(18,23)24)10-15(12)17(22)19-8-9-20(16(21)11-19)13-4-2-3-5-13/h6-7,10,13H,2-5,8-9,11H2,1H3,(H2,18,23,24). The molecule has 0 unspecified atom stereocenters. The van der Waals surface area contributed by atoms with E-state index in [4.69, 9.17) is 5.14 Å². The Bertz CT molecular complexity index is 800. The summed E-state index contributed by atoms with van der Waals surface area (Å²) in [6.45, 7) is 2.76. The van der Waals surface area contributed by atoms with Crippen molar-refractivity contribution in [2.75, 3.05) is 19.6 Å². The van der Waals surface area contributed by atoms with E-state index < -0.39 is 10.0 Å². The number of nitrogens with zero attached hydrogens (tertiary/aromatic N) is 2. The Morgan fingerprint density at radius 1 is 1.20 bits per heavy atom. The molecule has 0 bridgehead atoms. The molecule has 7 nitrogen and oxygen atoms in total. The van der Waals surface area contributed by atoms with E-state index in [0.29, 0.717) is 24.7 Å². The molecule has 25 heavy (non-hydrogen) atoms. The summed E-state index contributed by atoms with van der Waals surface area (Å²) in [7, 11) is -3.88. The third kappa shape index (κ3) is 3.69. The van der Waals surface area contributed by atoms with E-state index in [0.717, 1.165) is 25.7 Å². The number of rotatable bonds is 3. The number of piperazine rings is 1. The average molecular weight is 365 g/mol. The van der Waals surface area contributed by atoms with Gasteiger partial charge in [0.1, 0.15) is 6.54 Å². The fraction of sp³-hybridized carbons (Fsp3) is 0.529. The molecule has 0 radical (unpaired) electrons. The van der Waals surface area contributed by atoms with Crippen LogP contribution in [0.5, 0.6) is 0 Å². The van der Waals surface area contributed by atoms with Gasteiger partial charge in [0.15, 0.2) is 0 Å². The monoisotopic (exact) mass is 365 g/mol. The highest BCUT2D eigenvalue weighted by Crippen LogP contribution is 2.25. The van der Waals surface area contributed by atoms with Crippen molar-refractivity contribution < 1.29 is 18.0 Å². The van der Waals surface area contributed by atoms with Gasteiger partial charge < -0.3 is 9.80 Å². The van der Waals surface area contributed by atoms with Gasteiger partial charge in [-0.3, -0.25) is 9.59 Å². The van der Waals surface area contributed by atoms with Crippen LogP contribution in [0.4, 0.5) is 0 Å². The summed E-state index contributed by atoms with van der Waals surface area (Å²) in [4.78, 5) is 28.5. The lowest BCUT2D eigenvalue weighted by Gasteiger charge is -2.38. The van der Waals surface area contributed by atoms with Crippen LogP contribution in [0.3, 0.4) is 0 Å². The van der Waals surface area contributed by atoms with Gasteiger partial charge in [0.2, 0.25) is 15.9 Å². The van der Waals surface area contributed by atoms with Gasteiger partial charge >= 0.3 is 0 Å². The van der Waals surface area contributed by atoms with Crippen molar-refractivity contribution >= 4 is 21.8 Å². The molecule has 0 spiro atoms. The van der Waals surface area contributed by atoms with Crippen molar-refractivity contribution in [2.24, 2.45) is 5.14 Å². The lowest BCUT2D eigenvalue weighted by Crippen LogP contribution is -2.55. The second-order valence-electron chi connectivity index (χ2n) is 6.77. The maximum atomic E-state index is 12.8. The van der Waals surface area contributed by atoms with Gasteiger partial charge in [-0.25, -0.2) is 13.6 Å². The average Bonchev–Trinajstić information content (AvgIpc) is 3.07. The van der Waals surface area contributed by atoms with Crippen LogP contribution in [0.1, 0.15) is 41.6 Å². The maximum Gasteiger partial charge on any atom is 0.254 e.